The molecule has 7 nitrogen and oxygen atoms in total. The number of hydrogen-bond acceptors (Lipinski definition) is 5. The molecule has 0 aromatic carbocycles. The Kier molecular flexibility index (Phi) is 4.11. The number of primary amides is 1. The van der Waals surface area contributed by atoms with Gasteiger partial charge < -0.3 is 10.8 Å². The van der Waals surface area contributed by atoms with Crippen LogP contribution in [0.15, 0.2) is 16.3 Å². The molecule has 1 aliphatic rings. The van der Waals surface area contributed by atoms with Crippen molar-refractivity contribution >= 4 is 33.2 Å². The second kappa shape index (κ2) is 5.51. The topological polar surface area (TPSA) is 118 Å². The molecular formula is C11H14N2O5S2. The van der Waals surface area contributed by atoms with E-state index in [1.807, 2.05) is 0 Å². The quantitative estimate of drug-likeness (QED) is 0.829. The number of nitrogens with zero attached hydrogens (tertiary/aromatic N) is 1. The zero-order valence-electron chi connectivity index (χ0n) is 10.5. The Labute approximate surface area is 120 Å². The van der Waals surface area contributed by atoms with Gasteiger partial charge in [-0.05, 0) is 24.3 Å². The Morgan fingerprint density at radius 3 is 2.75 bits per heavy atom. The number of sulfonamides is 1. The maximum atomic E-state index is 12.5. The minimum Gasteiger partial charge on any atom is -0.477 e. The lowest BCUT2D eigenvalue weighted by Gasteiger charge is -2.30. The largest absolute Gasteiger partial charge is 0.477 e. The number of nitrogens with two attached hydrogens (primary N) is 1. The molecular weight excluding hydrogens is 304 g/mol. The van der Waals surface area contributed by atoms with Gasteiger partial charge in [0.15, 0.2) is 0 Å². The molecule has 9 heteroatoms. The van der Waals surface area contributed by atoms with Gasteiger partial charge in [0.25, 0.3) is 0 Å². The van der Waals surface area contributed by atoms with Crippen molar-refractivity contribution in [2.75, 3.05) is 13.1 Å². The molecule has 2 heterocycles. The van der Waals surface area contributed by atoms with Crippen molar-refractivity contribution in [3.05, 3.63) is 16.3 Å². The van der Waals surface area contributed by atoms with Gasteiger partial charge in [0, 0.05) is 13.1 Å². The fourth-order valence-electron chi connectivity index (χ4n) is 2.19. The van der Waals surface area contributed by atoms with Crippen molar-refractivity contribution in [3.8, 4) is 0 Å². The van der Waals surface area contributed by atoms with Gasteiger partial charge in [-0.2, -0.15) is 4.31 Å². The second-order valence-corrected chi connectivity index (χ2v) is 7.35. The summed E-state index contributed by atoms with van der Waals surface area (Å²) in [6.45, 7) is 0.271. The van der Waals surface area contributed by atoms with Gasteiger partial charge in [-0.1, -0.05) is 0 Å². The highest BCUT2D eigenvalue weighted by atomic mass is 32.2. The highest BCUT2D eigenvalue weighted by Crippen LogP contribution is 2.28. The minimum absolute atomic E-state index is 0.00652. The van der Waals surface area contributed by atoms with E-state index in [0.29, 0.717) is 12.8 Å². The third-order valence-electron chi connectivity index (χ3n) is 3.23. The maximum absolute atomic E-state index is 12.5. The van der Waals surface area contributed by atoms with Crippen LogP contribution in [0.25, 0.3) is 0 Å². The number of piperidine rings is 1. The molecule has 0 radical (unpaired) electrons. The van der Waals surface area contributed by atoms with Crippen molar-refractivity contribution < 1.29 is 23.1 Å². The van der Waals surface area contributed by atoms with E-state index < -0.39 is 27.8 Å². The number of aromatic carboxylic acids is 1. The van der Waals surface area contributed by atoms with Crippen LogP contribution in [0.3, 0.4) is 0 Å². The Morgan fingerprint density at radius 1 is 1.45 bits per heavy atom. The predicted octanol–water partition coefficient (Wildman–Crippen LogP) is 0.332. The lowest BCUT2D eigenvalue weighted by molar-refractivity contribution is -0.122. The van der Waals surface area contributed by atoms with E-state index >= 15 is 0 Å². The standard InChI is InChI=1S/C11H14N2O5S2/c12-10(14)7-2-1-4-13(6-7)20(17,18)8-3-5-19-9(8)11(15)16/h3,5,7H,1-2,4,6H2,(H2,12,14)(H,15,16)/t7-/m0/s1. The van der Waals surface area contributed by atoms with E-state index in [1.165, 1.54) is 11.4 Å². The molecule has 1 aromatic heterocycles. The molecule has 20 heavy (non-hydrogen) atoms. The molecule has 1 saturated heterocycles. The summed E-state index contributed by atoms with van der Waals surface area (Å²) in [6, 6.07) is 1.28. The van der Waals surface area contributed by atoms with E-state index in [4.69, 9.17) is 10.8 Å². The van der Waals surface area contributed by atoms with Crippen LogP contribution in [0.1, 0.15) is 22.5 Å². The van der Waals surface area contributed by atoms with Gasteiger partial charge >= 0.3 is 5.97 Å². The normalized spacial score (nSPS) is 20.7. The first-order valence-corrected chi connectivity index (χ1v) is 8.26. The molecule has 0 unspecified atom stereocenters. The summed E-state index contributed by atoms with van der Waals surface area (Å²) in [5, 5.41) is 10.4. The highest BCUT2D eigenvalue weighted by Gasteiger charge is 2.35. The molecule has 3 N–H and O–H groups in total. The Morgan fingerprint density at radius 2 is 2.15 bits per heavy atom. The fourth-order valence-corrected chi connectivity index (χ4v) is 4.95. The fraction of sp³-hybridized carbons (Fsp3) is 0.455. The van der Waals surface area contributed by atoms with Gasteiger partial charge in [0.05, 0.1) is 5.92 Å². The zero-order chi connectivity index (χ0) is 14.9. The highest BCUT2D eigenvalue weighted by molar-refractivity contribution is 7.89. The summed E-state index contributed by atoms with van der Waals surface area (Å²) < 4.78 is 26.1. The molecule has 110 valence electrons. The number of carbonyl (C=O) groups excluding carboxylic acids is 1. The number of thiophene rings is 1. The first-order chi connectivity index (χ1) is 9.34. The molecule has 0 bridgehead atoms. The van der Waals surface area contributed by atoms with Gasteiger partial charge in [-0.3, -0.25) is 4.79 Å². The summed E-state index contributed by atoms with van der Waals surface area (Å²) >= 11 is 0.859. The van der Waals surface area contributed by atoms with Gasteiger partial charge in [-0.15, -0.1) is 11.3 Å². The lowest BCUT2D eigenvalue weighted by Crippen LogP contribution is -2.44. The first-order valence-electron chi connectivity index (χ1n) is 5.94. The zero-order valence-corrected chi connectivity index (χ0v) is 12.1. The maximum Gasteiger partial charge on any atom is 0.347 e. The monoisotopic (exact) mass is 318 g/mol. The Balaban J connectivity index is 2.32. The first kappa shape index (κ1) is 14.9. The number of carboxylic acids is 1. The third kappa shape index (κ3) is 2.69. The van der Waals surface area contributed by atoms with E-state index in [0.717, 1.165) is 15.6 Å². The van der Waals surface area contributed by atoms with Crippen molar-refractivity contribution in [2.24, 2.45) is 11.7 Å². The van der Waals surface area contributed by atoms with Crippen molar-refractivity contribution in [3.63, 3.8) is 0 Å². The smallest absolute Gasteiger partial charge is 0.347 e. The summed E-state index contributed by atoms with van der Waals surface area (Å²) in [4.78, 5) is 21.8. The second-order valence-electron chi connectivity index (χ2n) is 4.52. The molecule has 2 rings (SSSR count). The van der Waals surface area contributed by atoms with E-state index in [-0.39, 0.29) is 22.9 Å². The van der Waals surface area contributed by atoms with Crippen molar-refractivity contribution in [1.29, 1.82) is 0 Å². The van der Waals surface area contributed by atoms with Crippen molar-refractivity contribution in [1.82, 2.24) is 4.31 Å². The van der Waals surface area contributed by atoms with E-state index in [1.54, 1.807) is 0 Å². The predicted molar refractivity (Wildman–Crippen MR) is 72.0 cm³/mol. The molecule has 1 atom stereocenters. The van der Waals surface area contributed by atoms with Crippen LogP contribution in [0.2, 0.25) is 0 Å². The van der Waals surface area contributed by atoms with Gasteiger partial charge in [-0.25, -0.2) is 13.2 Å². The Bertz CT molecular complexity index is 637. The van der Waals surface area contributed by atoms with Gasteiger partial charge in [0.1, 0.15) is 9.77 Å². The van der Waals surface area contributed by atoms with Gasteiger partial charge in [0.2, 0.25) is 15.9 Å². The van der Waals surface area contributed by atoms with Crippen LogP contribution in [0, 0.1) is 5.92 Å². The Hall–Kier alpha value is -1.45. The number of carbonyl (C=O) groups is 2. The minimum atomic E-state index is -3.91. The molecule has 0 saturated carbocycles. The molecule has 1 amide bonds. The summed E-state index contributed by atoms with van der Waals surface area (Å²) in [5.74, 6) is -2.33. The van der Waals surface area contributed by atoms with Crippen LogP contribution >= 0.6 is 11.3 Å². The van der Waals surface area contributed by atoms with E-state index in [9.17, 15) is 18.0 Å². The molecule has 0 spiro atoms. The number of rotatable bonds is 4. The number of carboxylic acid groups (broad SMARTS) is 1. The molecule has 0 aliphatic carbocycles. The molecule has 1 aromatic rings. The third-order valence-corrected chi connectivity index (χ3v) is 6.17. The van der Waals surface area contributed by atoms with Crippen molar-refractivity contribution in [2.45, 2.75) is 17.7 Å². The summed E-state index contributed by atoms with van der Waals surface area (Å²) in [5.41, 5.74) is 5.22. The van der Waals surface area contributed by atoms with Crippen LogP contribution in [-0.4, -0.2) is 42.8 Å². The van der Waals surface area contributed by atoms with Crippen LogP contribution < -0.4 is 5.73 Å². The van der Waals surface area contributed by atoms with Crippen LogP contribution in [0.4, 0.5) is 0 Å². The average molecular weight is 318 g/mol. The SMILES string of the molecule is NC(=O)[C@H]1CCCN(S(=O)(=O)c2ccsc2C(=O)O)C1. The lowest BCUT2D eigenvalue weighted by atomic mass is 9.99. The average Bonchev–Trinajstić information content (AvgIpc) is 2.89. The van der Waals surface area contributed by atoms with Crippen LogP contribution in [0.5, 0.6) is 0 Å². The molecule has 1 fully saturated rings. The summed E-state index contributed by atoms with van der Waals surface area (Å²) in [7, 11) is -3.91. The van der Waals surface area contributed by atoms with Crippen LogP contribution in [-0.2, 0) is 14.8 Å². The van der Waals surface area contributed by atoms with E-state index in [2.05, 4.69) is 0 Å². The number of hydrogen-bond donors (Lipinski definition) is 2. The number of amides is 1. The molecule has 1 aliphatic heterocycles. The summed E-state index contributed by atoms with van der Waals surface area (Å²) in [6.07, 6.45) is 1.08.